The highest BCUT2D eigenvalue weighted by Gasteiger charge is 2.20. The minimum absolute atomic E-state index is 0.649. The summed E-state index contributed by atoms with van der Waals surface area (Å²) in [6.45, 7) is 1.99. The Bertz CT molecular complexity index is 640. The van der Waals surface area contributed by atoms with E-state index in [9.17, 15) is 9.90 Å². The molecule has 0 aliphatic carbocycles. The number of nitrogens with one attached hydrogen (secondary N) is 1. The molecule has 0 fully saturated rings. The molecule has 1 atom stereocenters. The Labute approximate surface area is 131 Å². The molecular formula is C16H16BrNO3. The van der Waals surface area contributed by atoms with Gasteiger partial charge in [-0.15, -0.1) is 0 Å². The van der Waals surface area contributed by atoms with Crippen LogP contribution in [-0.2, 0) is 4.79 Å². The van der Waals surface area contributed by atoms with Crippen LogP contribution >= 0.6 is 15.9 Å². The van der Waals surface area contributed by atoms with Crippen molar-refractivity contribution >= 4 is 27.6 Å². The standard InChI is InChI=1S/C16H16BrNO3/c1-10-3-6-12(7-4-10)18-15(16(19)20)11-5-8-14(21-2)13(17)9-11/h3-9,15,18H,1-2H3,(H,19,20). The zero-order valence-electron chi connectivity index (χ0n) is 11.8. The summed E-state index contributed by atoms with van der Waals surface area (Å²) in [6, 6.07) is 12.0. The van der Waals surface area contributed by atoms with E-state index in [2.05, 4.69) is 21.2 Å². The molecule has 2 rings (SSSR count). The van der Waals surface area contributed by atoms with E-state index >= 15 is 0 Å². The molecule has 0 aromatic heterocycles. The molecule has 0 aliphatic rings. The minimum Gasteiger partial charge on any atom is -0.496 e. The van der Waals surface area contributed by atoms with Gasteiger partial charge in [0, 0.05) is 5.69 Å². The Morgan fingerprint density at radius 3 is 2.43 bits per heavy atom. The van der Waals surface area contributed by atoms with Gasteiger partial charge in [0.05, 0.1) is 11.6 Å². The van der Waals surface area contributed by atoms with Crippen LogP contribution in [0.15, 0.2) is 46.9 Å². The molecule has 0 amide bonds. The molecule has 2 aromatic rings. The van der Waals surface area contributed by atoms with Crippen molar-refractivity contribution in [3.63, 3.8) is 0 Å². The van der Waals surface area contributed by atoms with Crippen LogP contribution in [0, 0.1) is 6.92 Å². The highest BCUT2D eigenvalue weighted by atomic mass is 79.9. The maximum atomic E-state index is 11.5. The van der Waals surface area contributed by atoms with E-state index in [0.29, 0.717) is 11.3 Å². The largest absolute Gasteiger partial charge is 0.496 e. The molecule has 0 saturated carbocycles. The Balaban J connectivity index is 2.28. The summed E-state index contributed by atoms with van der Waals surface area (Å²) in [6.07, 6.45) is 0. The number of rotatable bonds is 5. The molecule has 2 N–H and O–H groups in total. The zero-order valence-corrected chi connectivity index (χ0v) is 13.3. The molecular weight excluding hydrogens is 334 g/mol. The number of anilines is 1. The second-order valence-electron chi connectivity index (χ2n) is 4.68. The first kappa shape index (κ1) is 15.4. The molecule has 0 aliphatic heterocycles. The van der Waals surface area contributed by atoms with Gasteiger partial charge in [-0.25, -0.2) is 4.79 Å². The van der Waals surface area contributed by atoms with Gasteiger partial charge in [-0.05, 0) is 52.7 Å². The van der Waals surface area contributed by atoms with Crippen LogP contribution in [0.25, 0.3) is 0 Å². The van der Waals surface area contributed by atoms with Crippen molar-refractivity contribution in [3.8, 4) is 5.75 Å². The van der Waals surface area contributed by atoms with E-state index in [-0.39, 0.29) is 0 Å². The summed E-state index contributed by atoms with van der Waals surface area (Å²) >= 11 is 3.37. The van der Waals surface area contributed by atoms with Crippen LogP contribution in [0.4, 0.5) is 5.69 Å². The number of benzene rings is 2. The number of carbonyl (C=O) groups is 1. The number of aliphatic carboxylic acids is 1. The van der Waals surface area contributed by atoms with Gasteiger partial charge < -0.3 is 15.2 Å². The highest BCUT2D eigenvalue weighted by molar-refractivity contribution is 9.10. The first-order valence-corrected chi connectivity index (χ1v) is 7.20. The number of carboxylic acids is 1. The third-order valence-electron chi connectivity index (χ3n) is 3.12. The average molecular weight is 350 g/mol. The maximum absolute atomic E-state index is 11.5. The van der Waals surface area contributed by atoms with Crippen molar-refractivity contribution in [2.45, 2.75) is 13.0 Å². The third-order valence-corrected chi connectivity index (χ3v) is 3.74. The fourth-order valence-electron chi connectivity index (χ4n) is 1.97. The SMILES string of the molecule is COc1ccc(C(Nc2ccc(C)cc2)C(=O)O)cc1Br. The number of hydrogen-bond acceptors (Lipinski definition) is 3. The van der Waals surface area contributed by atoms with Crippen molar-refractivity contribution in [3.05, 3.63) is 58.1 Å². The lowest BCUT2D eigenvalue weighted by atomic mass is 10.1. The molecule has 4 nitrogen and oxygen atoms in total. The lowest BCUT2D eigenvalue weighted by Crippen LogP contribution is -2.20. The van der Waals surface area contributed by atoms with Crippen LogP contribution in [-0.4, -0.2) is 18.2 Å². The van der Waals surface area contributed by atoms with Crippen molar-refractivity contribution in [2.24, 2.45) is 0 Å². The van der Waals surface area contributed by atoms with Gasteiger partial charge in [0.1, 0.15) is 5.75 Å². The quantitative estimate of drug-likeness (QED) is 0.856. The fourth-order valence-corrected chi connectivity index (χ4v) is 2.52. The lowest BCUT2D eigenvalue weighted by Gasteiger charge is -2.17. The van der Waals surface area contributed by atoms with E-state index in [1.165, 1.54) is 0 Å². The van der Waals surface area contributed by atoms with E-state index < -0.39 is 12.0 Å². The van der Waals surface area contributed by atoms with Gasteiger partial charge in [-0.2, -0.15) is 0 Å². The normalized spacial score (nSPS) is 11.8. The predicted molar refractivity (Wildman–Crippen MR) is 85.9 cm³/mol. The van der Waals surface area contributed by atoms with Crippen LogP contribution < -0.4 is 10.1 Å². The molecule has 2 aromatic carbocycles. The molecule has 1 unspecified atom stereocenters. The van der Waals surface area contributed by atoms with Crippen molar-refractivity contribution in [1.82, 2.24) is 0 Å². The smallest absolute Gasteiger partial charge is 0.330 e. The van der Waals surface area contributed by atoms with Crippen LogP contribution in [0.1, 0.15) is 17.2 Å². The summed E-state index contributed by atoms with van der Waals surface area (Å²) in [5.41, 5.74) is 2.54. The van der Waals surface area contributed by atoms with Crippen molar-refractivity contribution in [2.75, 3.05) is 12.4 Å². The van der Waals surface area contributed by atoms with Gasteiger partial charge in [0.2, 0.25) is 0 Å². The predicted octanol–water partition coefficient (Wildman–Crippen LogP) is 4.00. The lowest BCUT2D eigenvalue weighted by molar-refractivity contribution is -0.138. The van der Waals surface area contributed by atoms with E-state index in [1.807, 2.05) is 31.2 Å². The molecule has 0 radical (unpaired) electrons. The maximum Gasteiger partial charge on any atom is 0.330 e. The average Bonchev–Trinajstić information content (AvgIpc) is 2.46. The minimum atomic E-state index is -0.937. The Morgan fingerprint density at radius 2 is 1.90 bits per heavy atom. The number of carboxylic acid groups (broad SMARTS) is 1. The summed E-state index contributed by atoms with van der Waals surface area (Å²) in [5.74, 6) is -0.272. The molecule has 0 spiro atoms. The highest BCUT2D eigenvalue weighted by Crippen LogP contribution is 2.29. The van der Waals surface area contributed by atoms with Crippen LogP contribution in [0.3, 0.4) is 0 Å². The molecule has 5 heteroatoms. The van der Waals surface area contributed by atoms with E-state index in [4.69, 9.17) is 4.74 Å². The van der Waals surface area contributed by atoms with E-state index in [1.54, 1.807) is 25.3 Å². The number of methoxy groups -OCH3 is 1. The summed E-state index contributed by atoms with van der Waals surface area (Å²) in [5, 5.41) is 12.5. The molecule has 0 saturated heterocycles. The zero-order chi connectivity index (χ0) is 15.4. The third kappa shape index (κ3) is 3.76. The molecule has 110 valence electrons. The second-order valence-corrected chi connectivity index (χ2v) is 5.53. The van der Waals surface area contributed by atoms with Crippen molar-refractivity contribution in [1.29, 1.82) is 0 Å². The number of halogens is 1. The Hall–Kier alpha value is -2.01. The first-order valence-electron chi connectivity index (χ1n) is 6.40. The summed E-state index contributed by atoms with van der Waals surface area (Å²) < 4.78 is 5.88. The van der Waals surface area contributed by atoms with Gasteiger partial charge in [-0.3, -0.25) is 0 Å². The van der Waals surface area contributed by atoms with E-state index in [0.717, 1.165) is 15.7 Å². The summed E-state index contributed by atoms with van der Waals surface area (Å²) in [4.78, 5) is 11.5. The number of ether oxygens (including phenoxy) is 1. The first-order chi connectivity index (χ1) is 10.0. The second kappa shape index (κ2) is 6.63. The van der Waals surface area contributed by atoms with Gasteiger partial charge in [0.15, 0.2) is 6.04 Å². The number of aryl methyl sites for hydroxylation is 1. The molecule has 0 bridgehead atoms. The van der Waals surface area contributed by atoms with Crippen molar-refractivity contribution < 1.29 is 14.6 Å². The molecule has 0 heterocycles. The summed E-state index contributed by atoms with van der Waals surface area (Å²) in [7, 11) is 1.57. The monoisotopic (exact) mass is 349 g/mol. The van der Waals surface area contributed by atoms with Gasteiger partial charge in [0.25, 0.3) is 0 Å². The van der Waals surface area contributed by atoms with Crippen LogP contribution in [0.5, 0.6) is 5.75 Å². The number of hydrogen-bond donors (Lipinski definition) is 2. The Kier molecular flexibility index (Phi) is 4.85. The Morgan fingerprint density at radius 1 is 1.24 bits per heavy atom. The molecule has 21 heavy (non-hydrogen) atoms. The van der Waals surface area contributed by atoms with Gasteiger partial charge in [-0.1, -0.05) is 23.8 Å². The van der Waals surface area contributed by atoms with Crippen LogP contribution in [0.2, 0.25) is 0 Å². The van der Waals surface area contributed by atoms with Gasteiger partial charge >= 0.3 is 5.97 Å². The topological polar surface area (TPSA) is 58.6 Å². The fraction of sp³-hybridized carbons (Fsp3) is 0.188.